The zero-order valence-electron chi connectivity index (χ0n) is 31.9. The highest BCUT2D eigenvalue weighted by Gasteiger charge is 2.35. The first-order valence-electron chi connectivity index (χ1n) is 18.0. The fraction of sp³-hybridized carbons (Fsp3) is 0.262. The Morgan fingerprint density at radius 1 is 0.912 bits per heavy atom. The first-order valence-corrected chi connectivity index (χ1v) is 18.8. The normalized spacial score (nSPS) is 12.7. The van der Waals surface area contributed by atoms with Gasteiger partial charge in [-0.3, -0.25) is 14.4 Å². The van der Waals surface area contributed by atoms with E-state index in [-0.39, 0.29) is 80.0 Å². The number of phenolic OH excluding ortho intramolecular Hbond substituents is 2. The van der Waals surface area contributed by atoms with Crippen LogP contribution in [0.1, 0.15) is 32.7 Å². The lowest BCUT2D eigenvalue weighted by Crippen LogP contribution is -2.59. The Balaban J connectivity index is 1.25. The van der Waals surface area contributed by atoms with Gasteiger partial charge in [0, 0.05) is 38.1 Å². The van der Waals surface area contributed by atoms with E-state index in [9.17, 15) is 29.4 Å². The Bertz CT molecular complexity index is 2550. The molecule has 0 bridgehead atoms. The number of methoxy groups -OCH3 is 1. The molecule has 0 saturated heterocycles. The number of nitrogens with zero attached hydrogens (tertiary/aromatic N) is 3. The van der Waals surface area contributed by atoms with Gasteiger partial charge < -0.3 is 34.5 Å². The topological polar surface area (TPSA) is 173 Å². The molecule has 0 aliphatic rings. The summed E-state index contributed by atoms with van der Waals surface area (Å²) in [6.45, 7) is 1.66. The summed E-state index contributed by atoms with van der Waals surface area (Å²) >= 11 is 12.7. The molecular formula is C42H42Cl2N5O8+. The summed E-state index contributed by atoms with van der Waals surface area (Å²) in [4.78, 5) is 54.9. The Morgan fingerprint density at radius 3 is 2.16 bits per heavy atom. The van der Waals surface area contributed by atoms with Gasteiger partial charge in [-0.2, -0.15) is 5.10 Å². The number of hydrogen-bond acceptors (Lipinski definition) is 9. The molecular weight excluding hydrogens is 773 g/mol. The minimum Gasteiger partial charge on any atom is -0.506 e. The van der Waals surface area contributed by atoms with Gasteiger partial charge in [0.2, 0.25) is 11.3 Å². The number of halogens is 2. The third-order valence-electron chi connectivity index (χ3n) is 9.81. The van der Waals surface area contributed by atoms with E-state index in [1.54, 1.807) is 6.07 Å². The van der Waals surface area contributed by atoms with Gasteiger partial charge in [0.1, 0.15) is 39.8 Å². The number of hydrogen-bond donors (Lipinski definition) is 4. The second kappa shape index (κ2) is 16.7. The van der Waals surface area contributed by atoms with Crippen LogP contribution in [0.25, 0.3) is 27.6 Å². The number of benzene rings is 4. The largest absolute Gasteiger partial charge is 0.506 e. The number of carbonyl (C=O) groups is 3. The molecule has 0 fully saturated rings. The summed E-state index contributed by atoms with van der Waals surface area (Å²) in [5, 5.41) is 31.7. The van der Waals surface area contributed by atoms with Crippen molar-refractivity contribution in [3.63, 3.8) is 0 Å². The van der Waals surface area contributed by atoms with Crippen LogP contribution < -0.4 is 16.1 Å². The number of nitrogens with one attached hydrogen (secondary N) is 2. The van der Waals surface area contributed by atoms with Crippen LogP contribution in [-0.4, -0.2) is 89.1 Å². The van der Waals surface area contributed by atoms with Crippen LogP contribution in [0.2, 0.25) is 10.0 Å². The number of carbonyl (C=O) groups excluding carboxylic acids is 3. The first-order chi connectivity index (χ1) is 27.1. The lowest BCUT2D eigenvalue weighted by Gasteiger charge is -2.34. The Kier molecular flexibility index (Phi) is 11.9. The number of amides is 2. The quantitative estimate of drug-likeness (QED) is 0.0653. The molecule has 6 aromatic rings. The van der Waals surface area contributed by atoms with Crippen molar-refractivity contribution < 1.29 is 38.2 Å². The fourth-order valence-electron chi connectivity index (χ4n) is 6.72. The molecule has 0 spiro atoms. The molecule has 4 aromatic carbocycles. The first kappa shape index (κ1) is 40.8. The second-order valence-electron chi connectivity index (χ2n) is 14.6. The number of phenols is 2. The molecule has 15 heteroatoms. The van der Waals surface area contributed by atoms with Crippen molar-refractivity contribution >= 4 is 62.9 Å². The SMILES string of the molecule is COC(=O)c1c(-n2ccc(CCNC(=O)[C@H](Cc3ccccc3)NC(=O)[C@H](Cc3ccccc3)[N+](C)(C)C)n2)c(O)cc2oc3c(Cl)c(C)c(Cl)c(O)c3c(=O)c12. The van der Waals surface area contributed by atoms with E-state index >= 15 is 0 Å². The molecule has 0 aliphatic carbocycles. The Hall–Kier alpha value is -5.89. The third-order valence-corrected chi connectivity index (χ3v) is 10.7. The minimum atomic E-state index is -0.992. The average molecular weight is 816 g/mol. The van der Waals surface area contributed by atoms with Crippen molar-refractivity contribution in [1.82, 2.24) is 20.4 Å². The monoisotopic (exact) mass is 814 g/mol. The highest BCUT2D eigenvalue weighted by Crippen LogP contribution is 2.42. The van der Waals surface area contributed by atoms with Crippen molar-refractivity contribution in [1.29, 1.82) is 0 Å². The van der Waals surface area contributed by atoms with E-state index in [4.69, 9.17) is 32.4 Å². The van der Waals surface area contributed by atoms with Crippen LogP contribution in [0.3, 0.4) is 0 Å². The van der Waals surface area contributed by atoms with Crippen molar-refractivity contribution in [2.24, 2.45) is 0 Å². The standard InChI is InChI=1S/C42H41Cl2N5O8/c1-23-34(43)38(52)33-37(51)31-30(57-39(33)35(23)44)22-29(50)36(32(31)42(55)56-5)48-19-17-26(47-48)16-18-45-40(53)27(20-24-12-8-6-9-13-24)46-41(54)28(49(2,3)4)21-25-14-10-7-11-15-25/h6-15,17,19,22,27-28H,16,18,20-21H2,1-5H3,(H3-,45,46,50,51,52,53,54)/p+1/t27-,28-/m0/s1. The number of fused-ring (bicyclic) bond motifs is 2. The summed E-state index contributed by atoms with van der Waals surface area (Å²) in [7, 11) is 6.94. The molecule has 57 heavy (non-hydrogen) atoms. The second-order valence-corrected chi connectivity index (χ2v) is 15.3. The van der Waals surface area contributed by atoms with Gasteiger partial charge in [-0.25, -0.2) is 9.48 Å². The highest BCUT2D eigenvalue weighted by atomic mass is 35.5. The number of esters is 1. The molecule has 0 unspecified atom stereocenters. The maximum Gasteiger partial charge on any atom is 0.341 e. The molecule has 0 radical (unpaired) electrons. The number of quaternary nitrogens is 1. The summed E-state index contributed by atoms with van der Waals surface area (Å²) < 4.78 is 12.4. The van der Waals surface area contributed by atoms with Gasteiger partial charge in [-0.15, -0.1) is 0 Å². The zero-order valence-corrected chi connectivity index (χ0v) is 33.4. The molecule has 13 nitrogen and oxygen atoms in total. The predicted octanol–water partition coefficient (Wildman–Crippen LogP) is 5.65. The average Bonchev–Trinajstić information content (AvgIpc) is 3.65. The van der Waals surface area contributed by atoms with Gasteiger partial charge in [-0.1, -0.05) is 83.9 Å². The lowest BCUT2D eigenvalue weighted by atomic mass is 10.0. The van der Waals surface area contributed by atoms with E-state index < -0.39 is 35.0 Å². The highest BCUT2D eigenvalue weighted by molar-refractivity contribution is 6.40. The number of ether oxygens (including phenoxy) is 1. The predicted molar refractivity (Wildman–Crippen MR) is 217 cm³/mol. The van der Waals surface area contributed by atoms with Crippen molar-refractivity contribution in [3.8, 4) is 17.2 Å². The van der Waals surface area contributed by atoms with Gasteiger partial charge in [0.25, 0.3) is 5.91 Å². The van der Waals surface area contributed by atoms with Gasteiger partial charge in [0.15, 0.2) is 11.6 Å². The van der Waals surface area contributed by atoms with Crippen LogP contribution >= 0.6 is 23.2 Å². The van der Waals surface area contributed by atoms with Gasteiger partial charge in [-0.05, 0) is 29.7 Å². The van der Waals surface area contributed by atoms with Crippen LogP contribution in [-0.2, 0) is 33.6 Å². The number of aromatic nitrogens is 2. The summed E-state index contributed by atoms with van der Waals surface area (Å²) in [6.07, 6.45) is 2.44. The van der Waals surface area contributed by atoms with E-state index in [1.807, 2.05) is 81.8 Å². The molecule has 2 atom stereocenters. The molecule has 2 amide bonds. The molecule has 2 aromatic heterocycles. The summed E-state index contributed by atoms with van der Waals surface area (Å²) in [6, 6.07) is 20.5. The molecule has 4 N–H and O–H groups in total. The minimum absolute atomic E-state index is 0.0241. The van der Waals surface area contributed by atoms with E-state index in [0.29, 0.717) is 16.6 Å². The Labute approximate surface area is 338 Å². The van der Waals surface area contributed by atoms with Crippen molar-refractivity contribution in [3.05, 3.63) is 127 Å². The van der Waals surface area contributed by atoms with Crippen molar-refractivity contribution in [2.45, 2.75) is 38.3 Å². The fourth-order valence-corrected chi connectivity index (χ4v) is 7.19. The van der Waals surface area contributed by atoms with Gasteiger partial charge >= 0.3 is 5.97 Å². The number of aromatic hydroxyl groups is 2. The number of likely N-dealkylation sites (N-methyl/N-ethyl adjacent to an activating group) is 1. The van der Waals surface area contributed by atoms with Crippen LogP contribution in [0.15, 0.2) is 88.2 Å². The Morgan fingerprint density at radius 2 is 1.54 bits per heavy atom. The smallest absolute Gasteiger partial charge is 0.341 e. The van der Waals surface area contributed by atoms with Crippen LogP contribution in [0.4, 0.5) is 0 Å². The molecule has 2 heterocycles. The summed E-state index contributed by atoms with van der Waals surface area (Å²) in [5.41, 5.74) is 0.828. The zero-order chi connectivity index (χ0) is 41.2. The van der Waals surface area contributed by atoms with E-state index in [1.165, 1.54) is 17.8 Å². The van der Waals surface area contributed by atoms with Gasteiger partial charge in [0.05, 0.1) is 49.4 Å². The third kappa shape index (κ3) is 8.46. The number of rotatable bonds is 13. The lowest BCUT2D eigenvalue weighted by molar-refractivity contribution is -0.886. The van der Waals surface area contributed by atoms with Crippen LogP contribution in [0.5, 0.6) is 11.5 Å². The molecule has 6 rings (SSSR count). The summed E-state index contributed by atoms with van der Waals surface area (Å²) in [5.74, 6) is -2.68. The van der Waals surface area contributed by atoms with E-state index in [0.717, 1.165) is 24.3 Å². The molecule has 296 valence electrons. The van der Waals surface area contributed by atoms with Crippen molar-refractivity contribution in [2.75, 3.05) is 34.8 Å². The molecule has 0 saturated carbocycles. The van der Waals surface area contributed by atoms with E-state index in [2.05, 4.69) is 15.7 Å². The van der Waals surface area contributed by atoms with Crippen LogP contribution in [0, 0.1) is 6.92 Å². The maximum atomic E-state index is 14.0. The maximum absolute atomic E-state index is 14.0. The molecule has 0 aliphatic heterocycles.